The van der Waals surface area contributed by atoms with Crippen molar-refractivity contribution < 1.29 is 4.79 Å². The quantitative estimate of drug-likeness (QED) is 0.882. The topological polar surface area (TPSA) is 41.1 Å². The molecular formula is C11H12BrClN2O. The lowest BCUT2D eigenvalue weighted by atomic mass is 10.2. The number of nitrogens with one attached hydrogen (secondary N) is 2. The molecule has 0 aromatic heterocycles. The van der Waals surface area contributed by atoms with Gasteiger partial charge in [0.25, 0.3) is 0 Å². The van der Waals surface area contributed by atoms with Crippen molar-refractivity contribution in [3.05, 3.63) is 27.7 Å². The van der Waals surface area contributed by atoms with Crippen molar-refractivity contribution in [1.82, 2.24) is 5.32 Å². The molecule has 1 amide bonds. The van der Waals surface area contributed by atoms with Crippen molar-refractivity contribution in [2.75, 3.05) is 11.9 Å². The number of rotatable bonds is 2. The van der Waals surface area contributed by atoms with Crippen molar-refractivity contribution in [2.24, 2.45) is 0 Å². The molecular weight excluding hydrogens is 291 g/mol. The van der Waals surface area contributed by atoms with E-state index in [1.54, 1.807) is 12.1 Å². The van der Waals surface area contributed by atoms with Crippen LogP contribution in [0.4, 0.5) is 5.69 Å². The van der Waals surface area contributed by atoms with Crippen LogP contribution in [-0.2, 0) is 4.79 Å². The molecule has 86 valence electrons. The molecule has 1 aromatic carbocycles. The molecule has 2 rings (SSSR count). The third kappa shape index (κ3) is 2.75. The van der Waals surface area contributed by atoms with Crippen molar-refractivity contribution in [3.8, 4) is 0 Å². The molecule has 1 saturated heterocycles. The summed E-state index contributed by atoms with van der Waals surface area (Å²) in [7, 11) is 0. The second-order valence-electron chi connectivity index (χ2n) is 3.76. The third-order valence-corrected chi connectivity index (χ3v) is 3.49. The van der Waals surface area contributed by atoms with E-state index < -0.39 is 0 Å². The summed E-state index contributed by atoms with van der Waals surface area (Å²) >= 11 is 9.25. The summed E-state index contributed by atoms with van der Waals surface area (Å²) < 4.78 is 0.836. The third-order valence-electron chi connectivity index (χ3n) is 2.56. The molecule has 1 atom stereocenters. The first-order valence-corrected chi connectivity index (χ1v) is 6.33. The second-order valence-corrected chi connectivity index (χ2v) is 5.05. The fourth-order valence-electron chi connectivity index (χ4n) is 1.72. The van der Waals surface area contributed by atoms with Gasteiger partial charge < -0.3 is 10.6 Å². The monoisotopic (exact) mass is 302 g/mol. The molecule has 0 radical (unpaired) electrons. The highest BCUT2D eigenvalue weighted by atomic mass is 79.9. The number of anilines is 1. The first-order valence-electron chi connectivity index (χ1n) is 5.16. The maximum atomic E-state index is 11.8. The molecule has 2 N–H and O–H groups in total. The van der Waals surface area contributed by atoms with Crippen LogP contribution in [0.1, 0.15) is 12.8 Å². The Morgan fingerprint density at radius 2 is 2.38 bits per heavy atom. The lowest BCUT2D eigenvalue weighted by Gasteiger charge is -2.12. The van der Waals surface area contributed by atoms with Crippen LogP contribution < -0.4 is 10.6 Å². The van der Waals surface area contributed by atoms with E-state index in [-0.39, 0.29) is 11.9 Å². The first kappa shape index (κ1) is 11.9. The summed E-state index contributed by atoms with van der Waals surface area (Å²) in [4.78, 5) is 11.8. The van der Waals surface area contributed by atoms with E-state index in [2.05, 4.69) is 26.6 Å². The number of amides is 1. The lowest BCUT2D eigenvalue weighted by molar-refractivity contribution is -0.117. The number of carbonyl (C=O) groups is 1. The molecule has 0 saturated carbocycles. The van der Waals surface area contributed by atoms with Gasteiger partial charge >= 0.3 is 0 Å². The fraction of sp³-hybridized carbons (Fsp3) is 0.364. The van der Waals surface area contributed by atoms with Crippen molar-refractivity contribution >= 4 is 39.1 Å². The number of halogens is 2. The van der Waals surface area contributed by atoms with Crippen molar-refractivity contribution in [1.29, 1.82) is 0 Å². The highest BCUT2D eigenvalue weighted by molar-refractivity contribution is 9.10. The minimum Gasteiger partial charge on any atom is -0.324 e. The van der Waals surface area contributed by atoms with Crippen LogP contribution >= 0.6 is 27.5 Å². The lowest BCUT2D eigenvalue weighted by Crippen LogP contribution is -2.35. The molecule has 0 aliphatic carbocycles. The van der Waals surface area contributed by atoms with Crippen molar-refractivity contribution in [2.45, 2.75) is 18.9 Å². The summed E-state index contributed by atoms with van der Waals surface area (Å²) in [5.41, 5.74) is 0.714. The Kier molecular flexibility index (Phi) is 3.84. The van der Waals surface area contributed by atoms with Crippen LogP contribution in [0.5, 0.6) is 0 Å². The van der Waals surface area contributed by atoms with E-state index in [1.807, 2.05) is 6.07 Å². The maximum Gasteiger partial charge on any atom is 0.241 e. The van der Waals surface area contributed by atoms with Crippen LogP contribution in [0.15, 0.2) is 22.7 Å². The van der Waals surface area contributed by atoms with Crippen molar-refractivity contribution in [3.63, 3.8) is 0 Å². The van der Waals surface area contributed by atoms with E-state index in [4.69, 9.17) is 11.6 Å². The maximum absolute atomic E-state index is 11.8. The normalized spacial score (nSPS) is 19.8. The highest BCUT2D eigenvalue weighted by Crippen LogP contribution is 2.26. The Morgan fingerprint density at radius 1 is 1.56 bits per heavy atom. The smallest absolute Gasteiger partial charge is 0.241 e. The largest absolute Gasteiger partial charge is 0.324 e. The minimum atomic E-state index is -0.0779. The van der Waals surface area contributed by atoms with Crippen LogP contribution in [-0.4, -0.2) is 18.5 Å². The van der Waals surface area contributed by atoms with E-state index in [1.165, 1.54) is 0 Å². The van der Waals surface area contributed by atoms with Gasteiger partial charge in [-0.1, -0.05) is 11.6 Å². The number of benzene rings is 1. The van der Waals surface area contributed by atoms with Crippen LogP contribution in [0.2, 0.25) is 5.02 Å². The SMILES string of the molecule is O=C(Nc1cc(Cl)ccc1Br)C1CCCN1. The van der Waals surface area contributed by atoms with E-state index >= 15 is 0 Å². The van der Waals surface area contributed by atoms with Gasteiger partial charge in [0, 0.05) is 9.50 Å². The van der Waals surface area contributed by atoms with Gasteiger partial charge in [-0.2, -0.15) is 0 Å². The predicted molar refractivity (Wildman–Crippen MR) is 68.8 cm³/mol. The molecule has 0 spiro atoms. The predicted octanol–water partition coefficient (Wildman–Crippen LogP) is 2.79. The molecule has 3 nitrogen and oxygen atoms in total. The molecule has 1 unspecified atom stereocenters. The zero-order chi connectivity index (χ0) is 11.5. The Balaban J connectivity index is 2.07. The van der Waals surface area contributed by atoms with Gasteiger partial charge in [-0.05, 0) is 53.5 Å². The Hall–Kier alpha value is -0.580. The highest BCUT2D eigenvalue weighted by Gasteiger charge is 2.22. The fourth-order valence-corrected chi connectivity index (χ4v) is 2.24. The standard InChI is InChI=1S/C11H12BrClN2O/c12-8-4-3-7(13)6-10(8)15-11(16)9-2-1-5-14-9/h3-4,6,9,14H,1-2,5H2,(H,15,16). The van der Waals surface area contributed by atoms with E-state index in [0.717, 1.165) is 23.9 Å². The summed E-state index contributed by atoms with van der Waals surface area (Å²) in [6.07, 6.45) is 1.94. The summed E-state index contributed by atoms with van der Waals surface area (Å²) in [5.74, 6) is 0.000432. The van der Waals surface area contributed by atoms with Crippen LogP contribution in [0, 0.1) is 0 Å². The Bertz CT molecular complexity index is 405. The van der Waals surface area contributed by atoms with E-state index in [0.29, 0.717) is 10.7 Å². The van der Waals surface area contributed by atoms with Gasteiger partial charge in [-0.15, -0.1) is 0 Å². The van der Waals surface area contributed by atoms with E-state index in [9.17, 15) is 4.79 Å². The van der Waals surface area contributed by atoms with Crippen LogP contribution in [0.25, 0.3) is 0 Å². The molecule has 16 heavy (non-hydrogen) atoms. The van der Waals surface area contributed by atoms with Gasteiger partial charge in [-0.3, -0.25) is 4.79 Å². The minimum absolute atomic E-state index is 0.000432. The molecule has 1 aromatic rings. The van der Waals surface area contributed by atoms with Gasteiger partial charge in [0.15, 0.2) is 0 Å². The molecule has 1 aliphatic rings. The average molecular weight is 304 g/mol. The molecule has 1 fully saturated rings. The Morgan fingerprint density at radius 3 is 3.06 bits per heavy atom. The molecule has 1 heterocycles. The zero-order valence-corrected chi connectivity index (χ0v) is 10.9. The second kappa shape index (κ2) is 5.17. The van der Waals surface area contributed by atoms with Gasteiger partial charge in [0.1, 0.15) is 0 Å². The molecule has 5 heteroatoms. The Labute approximate surface area is 108 Å². The average Bonchev–Trinajstić information content (AvgIpc) is 2.76. The summed E-state index contributed by atoms with van der Waals surface area (Å²) in [6.45, 7) is 0.912. The number of carbonyl (C=O) groups excluding carboxylic acids is 1. The first-order chi connectivity index (χ1) is 7.66. The number of hydrogen-bond acceptors (Lipinski definition) is 2. The zero-order valence-electron chi connectivity index (χ0n) is 8.59. The molecule has 0 bridgehead atoms. The van der Waals surface area contributed by atoms with Gasteiger partial charge in [0.05, 0.1) is 11.7 Å². The van der Waals surface area contributed by atoms with Gasteiger partial charge in [-0.25, -0.2) is 0 Å². The van der Waals surface area contributed by atoms with Crippen LogP contribution in [0.3, 0.4) is 0 Å². The summed E-state index contributed by atoms with van der Waals surface area (Å²) in [6, 6.07) is 5.25. The number of hydrogen-bond donors (Lipinski definition) is 2. The van der Waals surface area contributed by atoms with Gasteiger partial charge in [0.2, 0.25) is 5.91 Å². The summed E-state index contributed by atoms with van der Waals surface area (Å²) in [5, 5.41) is 6.62. The molecule has 1 aliphatic heterocycles.